The quantitative estimate of drug-likeness (QED) is 0.402. The number of aryl methyl sites for hydroxylation is 2. The molecule has 2 heterocycles. The number of nitrogens with zero attached hydrogens (tertiary/aromatic N) is 4. The Labute approximate surface area is 197 Å². The van der Waals surface area contributed by atoms with Gasteiger partial charge in [-0.15, -0.1) is 0 Å². The van der Waals surface area contributed by atoms with Gasteiger partial charge in [0.05, 0.1) is 25.0 Å². The summed E-state index contributed by atoms with van der Waals surface area (Å²) in [5.74, 6) is 0.0151. The normalized spacial score (nSPS) is 12.1. The minimum Gasteiger partial charge on any atom is -0.491 e. The number of ether oxygens (including phenoxy) is 2. The third-order valence-electron chi connectivity index (χ3n) is 5.38. The first-order chi connectivity index (χ1) is 16.4. The molecular formula is C24H32N4O6. The van der Waals surface area contributed by atoms with E-state index in [9.17, 15) is 19.5 Å². The first-order valence-corrected chi connectivity index (χ1v) is 11.7. The fourth-order valence-corrected chi connectivity index (χ4v) is 3.68. The van der Waals surface area contributed by atoms with Crippen molar-refractivity contribution in [3.8, 4) is 5.75 Å². The third-order valence-corrected chi connectivity index (χ3v) is 5.38. The van der Waals surface area contributed by atoms with Crippen LogP contribution in [0, 0.1) is 0 Å². The topological polar surface area (TPSA) is 118 Å². The molecule has 1 aromatic carbocycles. The number of rotatable bonds is 12. The van der Waals surface area contributed by atoms with Gasteiger partial charge in [0.1, 0.15) is 18.5 Å². The van der Waals surface area contributed by atoms with Gasteiger partial charge in [0.15, 0.2) is 11.2 Å². The fourth-order valence-electron chi connectivity index (χ4n) is 3.68. The first-order valence-electron chi connectivity index (χ1n) is 11.7. The van der Waals surface area contributed by atoms with Gasteiger partial charge in [-0.1, -0.05) is 20.3 Å². The Morgan fingerprint density at radius 1 is 1.06 bits per heavy atom. The predicted octanol–water partition coefficient (Wildman–Crippen LogP) is 2.19. The van der Waals surface area contributed by atoms with E-state index in [1.54, 1.807) is 42.1 Å². The van der Waals surface area contributed by atoms with Crippen LogP contribution in [0.1, 0.15) is 50.4 Å². The van der Waals surface area contributed by atoms with Crippen molar-refractivity contribution in [1.29, 1.82) is 0 Å². The van der Waals surface area contributed by atoms with Crippen LogP contribution in [-0.2, 0) is 24.4 Å². The number of hydrogen-bond donors (Lipinski definition) is 1. The van der Waals surface area contributed by atoms with Crippen LogP contribution < -0.4 is 16.0 Å². The summed E-state index contributed by atoms with van der Waals surface area (Å²) in [6.45, 7) is 6.72. The summed E-state index contributed by atoms with van der Waals surface area (Å²) in [5, 5.41) is 10.6. The van der Waals surface area contributed by atoms with E-state index in [2.05, 4.69) is 11.9 Å². The summed E-state index contributed by atoms with van der Waals surface area (Å²) < 4.78 is 14.9. The van der Waals surface area contributed by atoms with E-state index in [0.29, 0.717) is 42.0 Å². The van der Waals surface area contributed by atoms with Gasteiger partial charge in [-0.25, -0.2) is 14.6 Å². The third kappa shape index (κ3) is 5.56. The Balaban J connectivity index is 1.80. The molecule has 0 amide bonds. The Kier molecular flexibility index (Phi) is 8.64. The average Bonchev–Trinajstić information content (AvgIpc) is 3.26. The minimum absolute atomic E-state index is 0.133. The van der Waals surface area contributed by atoms with Crippen molar-refractivity contribution in [1.82, 2.24) is 18.7 Å². The lowest BCUT2D eigenvalue weighted by Gasteiger charge is -2.16. The molecule has 10 nitrogen and oxygen atoms in total. The highest BCUT2D eigenvalue weighted by atomic mass is 16.5. The number of carbonyl (C=O) groups is 1. The van der Waals surface area contributed by atoms with Crippen molar-refractivity contribution >= 4 is 17.1 Å². The zero-order valence-corrected chi connectivity index (χ0v) is 19.9. The molecule has 10 heteroatoms. The van der Waals surface area contributed by atoms with Crippen molar-refractivity contribution in [2.45, 2.75) is 65.8 Å². The summed E-state index contributed by atoms with van der Waals surface area (Å²) >= 11 is 0. The number of fused-ring (bicyclic) bond motifs is 1. The fraction of sp³-hybridized carbons (Fsp3) is 0.500. The van der Waals surface area contributed by atoms with Gasteiger partial charge in [-0.3, -0.25) is 13.9 Å². The van der Waals surface area contributed by atoms with Gasteiger partial charge in [-0.05, 0) is 44.0 Å². The lowest BCUT2D eigenvalue weighted by Crippen LogP contribution is -2.44. The van der Waals surface area contributed by atoms with Crippen LogP contribution in [0.2, 0.25) is 0 Å². The average molecular weight is 473 g/mol. The summed E-state index contributed by atoms with van der Waals surface area (Å²) in [6, 6.07) is 6.33. The molecule has 0 saturated heterocycles. The van der Waals surface area contributed by atoms with Gasteiger partial charge in [-0.2, -0.15) is 0 Å². The van der Waals surface area contributed by atoms with Crippen molar-refractivity contribution < 1.29 is 19.4 Å². The van der Waals surface area contributed by atoms with Crippen LogP contribution in [-0.4, -0.2) is 49.1 Å². The second kappa shape index (κ2) is 11.6. The Bertz CT molecular complexity index is 1230. The maximum atomic E-state index is 13.2. The predicted molar refractivity (Wildman–Crippen MR) is 127 cm³/mol. The number of hydrogen-bond acceptors (Lipinski definition) is 7. The first kappa shape index (κ1) is 25.2. The molecule has 1 atom stereocenters. The monoisotopic (exact) mass is 472 g/mol. The molecule has 2 aromatic heterocycles. The second-order valence-corrected chi connectivity index (χ2v) is 8.02. The summed E-state index contributed by atoms with van der Waals surface area (Å²) in [4.78, 5) is 42.3. The Hall–Kier alpha value is -3.40. The number of carbonyl (C=O) groups excluding carboxylic acids is 1. The molecule has 3 rings (SSSR count). The molecule has 0 aliphatic rings. The minimum atomic E-state index is -1.10. The molecular weight excluding hydrogens is 440 g/mol. The highest BCUT2D eigenvalue weighted by Crippen LogP contribution is 2.14. The maximum Gasteiger partial charge on any atom is 0.338 e. The van der Waals surface area contributed by atoms with Crippen molar-refractivity contribution in [2.75, 3.05) is 13.2 Å². The number of benzene rings is 1. The largest absolute Gasteiger partial charge is 0.491 e. The van der Waals surface area contributed by atoms with Crippen LogP contribution >= 0.6 is 0 Å². The van der Waals surface area contributed by atoms with E-state index in [1.807, 2.05) is 6.92 Å². The highest BCUT2D eigenvalue weighted by molar-refractivity contribution is 5.89. The van der Waals surface area contributed by atoms with Gasteiger partial charge < -0.3 is 19.1 Å². The zero-order chi connectivity index (χ0) is 24.7. The second-order valence-electron chi connectivity index (χ2n) is 8.02. The molecule has 1 unspecified atom stereocenters. The van der Waals surface area contributed by atoms with Crippen LogP contribution in [0.3, 0.4) is 0 Å². The number of aromatic nitrogens is 4. The van der Waals surface area contributed by atoms with Crippen molar-refractivity contribution in [3.05, 3.63) is 57.0 Å². The number of imidazole rings is 1. The molecule has 0 bridgehead atoms. The summed E-state index contributed by atoms with van der Waals surface area (Å²) in [5.41, 5.74) is 0.156. The van der Waals surface area contributed by atoms with Crippen LogP contribution in [0.15, 0.2) is 40.2 Å². The van der Waals surface area contributed by atoms with Gasteiger partial charge in [0.25, 0.3) is 5.56 Å². The summed E-state index contributed by atoms with van der Waals surface area (Å²) in [7, 11) is 0. The number of aliphatic hydroxyl groups is 1. The van der Waals surface area contributed by atoms with Gasteiger partial charge >= 0.3 is 11.7 Å². The molecule has 0 saturated carbocycles. The van der Waals surface area contributed by atoms with Crippen molar-refractivity contribution in [3.63, 3.8) is 0 Å². The van der Waals surface area contributed by atoms with E-state index >= 15 is 0 Å². The lowest BCUT2D eigenvalue weighted by atomic mass is 10.2. The Morgan fingerprint density at radius 3 is 2.44 bits per heavy atom. The number of esters is 1. The van der Waals surface area contributed by atoms with E-state index in [-0.39, 0.29) is 19.8 Å². The zero-order valence-electron chi connectivity index (χ0n) is 19.9. The SMILES string of the molecule is CCCCn1cnc2c1c(=O)n(CC(O)COc1ccc(C(=O)OCC)cc1)c(=O)n2CCC. The molecule has 0 fully saturated rings. The van der Waals surface area contributed by atoms with E-state index in [4.69, 9.17) is 9.47 Å². The van der Waals surface area contributed by atoms with E-state index < -0.39 is 23.3 Å². The van der Waals surface area contributed by atoms with Gasteiger partial charge in [0, 0.05) is 13.1 Å². The molecule has 1 N–H and O–H groups in total. The summed E-state index contributed by atoms with van der Waals surface area (Å²) in [6.07, 6.45) is 3.02. The smallest absolute Gasteiger partial charge is 0.338 e. The Morgan fingerprint density at radius 2 is 1.79 bits per heavy atom. The molecule has 3 aromatic rings. The molecule has 34 heavy (non-hydrogen) atoms. The molecule has 0 spiro atoms. The molecule has 0 aliphatic carbocycles. The molecule has 0 radical (unpaired) electrons. The highest BCUT2D eigenvalue weighted by Gasteiger charge is 2.20. The van der Waals surface area contributed by atoms with Gasteiger partial charge in [0.2, 0.25) is 0 Å². The van der Waals surface area contributed by atoms with Crippen LogP contribution in [0.4, 0.5) is 0 Å². The number of aliphatic hydroxyl groups excluding tert-OH is 1. The maximum absolute atomic E-state index is 13.2. The van der Waals surface area contributed by atoms with Crippen LogP contribution in [0.5, 0.6) is 5.75 Å². The molecule has 184 valence electrons. The number of unbranched alkanes of at least 4 members (excludes halogenated alkanes) is 1. The standard InChI is InChI=1S/C24H32N4O6/c1-4-7-13-26-16-25-21-20(26)22(30)28(24(32)27(21)12-5-2)14-18(29)15-34-19-10-8-17(9-11-19)23(31)33-6-3/h8-11,16,18,29H,4-7,12-15H2,1-3H3. The van der Waals surface area contributed by atoms with Crippen molar-refractivity contribution in [2.24, 2.45) is 0 Å². The molecule has 0 aliphatic heterocycles. The van der Waals surface area contributed by atoms with E-state index in [1.165, 1.54) is 4.57 Å². The lowest BCUT2D eigenvalue weighted by molar-refractivity contribution is 0.0526. The van der Waals surface area contributed by atoms with Crippen LogP contribution in [0.25, 0.3) is 11.2 Å². The van der Waals surface area contributed by atoms with E-state index in [0.717, 1.165) is 17.4 Å².